The lowest BCUT2D eigenvalue weighted by Crippen LogP contribution is -2.13. The van der Waals surface area contributed by atoms with Crippen molar-refractivity contribution in [2.45, 2.75) is 39.0 Å². The maximum atomic E-state index is 5.05. The van der Waals surface area contributed by atoms with Crippen molar-refractivity contribution in [2.24, 2.45) is 0 Å². The maximum absolute atomic E-state index is 5.05. The number of aryl methyl sites for hydroxylation is 1. The normalized spacial score (nSPS) is 12.9. The van der Waals surface area contributed by atoms with Crippen molar-refractivity contribution in [3.05, 3.63) is 108 Å². The second-order valence-corrected chi connectivity index (χ2v) is 10.2. The minimum atomic E-state index is 0.0504. The van der Waals surface area contributed by atoms with E-state index in [9.17, 15) is 0 Å². The molecule has 0 unspecified atom stereocenters. The zero-order valence-corrected chi connectivity index (χ0v) is 20.0. The van der Waals surface area contributed by atoms with Crippen LogP contribution in [-0.2, 0) is 18.3 Å². The summed E-state index contributed by atoms with van der Waals surface area (Å²) in [4.78, 5) is 9.96. The number of fused-ring (bicyclic) bond motifs is 4. The first-order valence-corrected chi connectivity index (χ1v) is 12.1. The van der Waals surface area contributed by atoms with E-state index >= 15 is 0 Å². The molecule has 0 saturated carbocycles. The second-order valence-electron chi connectivity index (χ2n) is 10.2. The Morgan fingerprint density at radius 2 is 1.50 bits per heavy atom. The Hall–Kier alpha value is -3.78. The third-order valence-corrected chi connectivity index (χ3v) is 6.94. The van der Waals surface area contributed by atoms with Crippen LogP contribution in [0.15, 0.2) is 91.1 Å². The Morgan fingerprint density at radius 3 is 2.32 bits per heavy atom. The first-order valence-electron chi connectivity index (χ1n) is 12.1. The zero-order valence-electron chi connectivity index (χ0n) is 20.0. The van der Waals surface area contributed by atoms with Gasteiger partial charge in [-0.25, -0.2) is 0 Å². The van der Waals surface area contributed by atoms with E-state index in [2.05, 4.69) is 99.6 Å². The van der Waals surface area contributed by atoms with Crippen molar-refractivity contribution in [3.8, 4) is 33.6 Å². The van der Waals surface area contributed by atoms with Crippen LogP contribution in [0.25, 0.3) is 44.4 Å². The summed E-state index contributed by atoms with van der Waals surface area (Å²) in [5, 5.41) is 2.60. The Bertz CT molecular complexity index is 1520. The molecule has 0 fully saturated rings. The van der Waals surface area contributed by atoms with Crippen molar-refractivity contribution in [2.75, 3.05) is 0 Å². The number of aromatic nitrogens is 2. The molecule has 2 heteroatoms. The van der Waals surface area contributed by atoms with Gasteiger partial charge >= 0.3 is 0 Å². The average molecular weight is 441 g/mol. The van der Waals surface area contributed by atoms with E-state index in [1.807, 2.05) is 12.3 Å². The van der Waals surface area contributed by atoms with E-state index in [0.717, 1.165) is 29.8 Å². The molecule has 0 aliphatic heterocycles. The molecule has 5 aromatic rings. The third-order valence-electron chi connectivity index (χ3n) is 6.94. The quantitative estimate of drug-likeness (QED) is 0.278. The fourth-order valence-electron chi connectivity index (χ4n) is 5.26. The summed E-state index contributed by atoms with van der Waals surface area (Å²) in [6.45, 7) is 6.87. The molecule has 0 radical (unpaired) electrons. The Balaban J connectivity index is 1.50. The van der Waals surface area contributed by atoms with Gasteiger partial charge in [0.25, 0.3) is 0 Å². The predicted molar refractivity (Wildman–Crippen MR) is 142 cm³/mol. The van der Waals surface area contributed by atoms with Gasteiger partial charge < -0.3 is 0 Å². The number of benzene rings is 3. The zero-order chi connectivity index (χ0) is 23.3. The standard InChI is InChI=1S/C32H28N2/c1-32(2,3)28-20-23(19-22-11-7-8-12-24(22)28)31-27-14-16-30-26(25(27)17-18-33-31)13-15-29(34-30)21-9-5-4-6-10-21/h4-13,15,17-20H,14,16H2,1-3H3. The summed E-state index contributed by atoms with van der Waals surface area (Å²) in [6, 6.07) is 30.4. The molecular formula is C32H28N2. The maximum Gasteiger partial charge on any atom is 0.0740 e. The van der Waals surface area contributed by atoms with Crippen LogP contribution in [0.4, 0.5) is 0 Å². The average Bonchev–Trinajstić information content (AvgIpc) is 2.87. The van der Waals surface area contributed by atoms with E-state index in [1.165, 1.54) is 44.3 Å². The van der Waals surface area contributed by atoms with Gasteiger partial charge in [0.05, 0.1) is 11.4 Å². The SMILES string of the molecule is CC(C)(C)c1cc(-c2nccc3c2CCc2nc(-c4ccccc4)ccc2-3)cc2ccccc12. The van der Waals surface area contributed by atoms with Crippen molar-refractivity contribution < 1.29 is 0 Å². The highest BCUT2D eigenvalue weighted by atomic mass is 14.7. The lowest BCUT2D eigenvalue weighted by atomic mass is 9.81. The van der Waals surface area contributed by atoms with Gasteiger partial charge in [-0.15, -0.1) is 0 Å². The fourth-order valence-corrected chi connectivity index (χ4v) is 5.26. The lowest BCUT2D eigenvalue weighted by Gasteiger charge is -2.25. The minimum Gasteiger partial charge on any atom is -0.256 e. The van der Waals surface area contributed by atoms with Crippen LogP contribution in [0.3, 0.4) is 0 Å². The highest BCUT2D eigenvalue weighted by Gasteiger charge is 2.24. The van der Waals surface area contributed by atoms with Crippen LogP contribution in [-0.4, -0.2) is 9.97 Å². The summed E-state index contributed by atoms with van der Waals surface area (Å²) in [7, 11) is 0. The van der Waals surface area contributed by atoms with Crippen LogP contribution in [0.1, 0.15) is 37.6 Å². The summed E-state index contributed by atoms with van der Waals surface area (Å²) in [5.41, 5.74) is 11.0. The number of hydrogen-bond acceptors (Lipinski definition) is 2. The molecule has 6 rings (SSSR count). The molecule has 166 valence electrons. The molecule has 3 aromatic carbocycles. The van der Waals surface area contributed by atoms with Crippen molar-refractivity contribution in [1.29, 1.82) is 0 Å². The Kier molecular flexibility index (Phi) is 4.84. The fraction of sp³-hybridized carbons (Fsp3) is 0.188. The summed E-state index contributed by atoms with van der Waals surface area (Å²) >= 11 is 0. The smallest absolute Gasteiger partial charge is 0.0740 e. The van der Waals surface area contributed by atoms with Crippen molar-refractivity contribution in [1.82, 2.24) is 9.97 Å². The van der Waals surface area contributed by atoms with Gasteiger partial charge in [-0.1, -0.05) is 81.4 Å². The molecule has 2 heterocycles. The molecule has 34 heavy (non-hydrogen) atoms. The molecule has 1 aliphatic rings. The highest BCUT2D eigenvalue weighted by Crippen LogP contribution is 2.40. The van der Waals surface area contributed by atoms with Crippen molar-refractivity contribution in [3.63, 3.8) is 0 Å². The van der Waals surface area contributed by atoms with E-state index in [0.29, 0.717) is 0 Å². The number of hydrogen-bond donors (Lipinski definition) is 0. The van der Waals surface area contributed by atoms with Gasteiger partial charge in [0.1, 0.15) is 0 Å². The molecule has 0 spiro atoms. The monoisotopic (exact) mass is 440 g/mol. The molecule has 2 nitrogen and oxygen atoms in total. The second kappa shape index (κ2) is 7.92. The van der Waals surface area contributed by atoms with E-state index < -0.39 is 0 Å². The van der Waals surface area contributed by atoms with Crippen LogP contribution in [0.5, 0.6) is 0 Å². The molecule has 0 atom stereocenters. The molecule has 0 N–H and O–H groups in total. The number of nitrogens with zero attached hydrogens (tertiary/aromatic N) is 2. The molecular weight excluding hydrogens is 412 g/mol. The van der Waals surface area contributed by atoms with Crippen LogP contribution in [0, 0.1) is 0 Å². The summed E-state index contributed by atoms with van der Waals surface area (Å²) in [5.74, 6) is 0. The predicted octanol–water partition coefficient (Wildman–Crippen LogP) is 8.03. The topological polar surface area (TPSA) is 25.8 Å². The Labute approximate surface area is 201 Å². The van der Waals surface area contributed by atoms with Gasteiger partial charge in [0.2, 0.25) is 0 Å². The van der Waals surface area contributed by atoms with Gasteiger partial charge in [-0.2, -0.15) is 0 Å². The molecule has 2 aromatic heterocycles. The van der Waals surface area contributed by atoms with Crippen LogP contribution in [0.2, 0.25) is 0 Å². The summed E-state index contributed by atoms with van der Waals surface area (Å²) in [6.07, 6.45) is 3.84. The van der Waals surface area contributed by atoms with Crippen molar-refractivity contribution >= 4 is 10.8 Å². The van der Waals surface area contributed by atoms with E-state index in [4.69, 9.17) is 9.97 Å². The first kappa shape index (κ1) is 20.8. The van der Waals surface area contributed by atoms with Gasteiger partial charge in [0, 0.05) is 28.6 Å². The van der Waals surface area contributed by atoms with Gasteiger partial charge in [-0.05, 0) is 70.0 Å². The van der Waals surface area contributed by atoms with E-state index in [1.54, 1.807) is 0 Å². The number of pyridine rings is 2. The van der Waals surface area contributed by atoms with Crippen LogP contribution < -0.4 is 0 Å². The number of rotatable bonds is 2. The lowest BCUT2D eigenvalue weighted by molar-refractivity contribution is 0.596. The molecule has 0 bridgehead atoms. The summed E-state index contributed by atoms with van der Waals surface area (Å²) < 4.78 is 0. The van der Waals surface area contributed by atoms with Crippen LogP contribution >= 0.6 is 0 Å². The highest BCUT2D eigenvalue weighted by molar-refractivity contribution is 5.92. The molecule has 1 aliphatic carbocycles. The van der Waals surface area contributed by atoms with E-state index in [-0.39, 0.29) is 5.41 Å². The Morgan fingerprint density at radius 1 is 0.706 bits per heavy atom. The molecule has 0 saturated heterocycles. The largest absolute Gasteiger partial charge is 0.256 e. The minimum absolute atomic E-state index is 0.0504. The molecule has 0 amide bonds. The van der Waals surface area contributed by atoms with Gasteiger partial charge in [0.15, 0.2) is 0 Å². The van der Waals surface area contributed by atoms with Gasteiger partial charge in [-0.3, -0.25) is 9.97 Å². The first-order chi connectivity index (χ1) is 16.5. The third kappa shape index (κ3) is 3.51.